The summed E-state index contributed by atoms with van der Waals surface area (Å²) in [5.74, 6) is -0.232. The van der Waals surface area contributed by atoms with Crippen LogP contribution in [0.15, 0.2) is 24.3 Å². The zero-order valence-electron chi connectivity index (χ0n) is 14.3. The van der Waals surface area contributed by atoms with Crippen molar-refractivity contribution in [2.75, 3.05) is 49.0 Å². The number of anilines is 2. The Hall–Kier alpha value is -1.69. The maximum atomic E-state index is 11.2. The topological polar surface area (TPSA) is 119 Å². The molecule has 0 aliphatic heterocycles. The van der Waals surface area contributed by atoms with E-state index in [1.54, 1.807) is 29.2 Å². The molecule has 0 saturated heterocycles. The normalized spacial score (nSPS) is 12.0. The van der Waals surface area contributed by atoms with Crippen LogP contribution in [0.5, 0.6) is 0 Å². The molecule has 0 spiro atoms. The van der Waals surface area contributed by atoms with Gasteiger partial charge in [0.2, 0.25) is 5.91 Å². The zero-order valence-corrected chi connectivity index (χ0v) is 15.9. The van der Waals surface area contributed by atoms with E-state index in [2.05, 4.69) is 5.32 Å². The van der Waals surface area contributed by atoms with Crippen LogP contribution in [0.2, 0.25) is 0 Å². The van der Waals surface area contributed by atoms with E-state index in [4.69, 9.17) is 8.37 Å². The van der Waals surface area contributed by atoms with Crippen LogP contribution in [-0.2, 0) is 33.4 Å². The van der Waals surface area contributed by atoms with Crippen molar-refractivity contribution in [2.24, 2.45) is 0 Å². The van der Waals surface area contributed by atoms with Crippen LogP contribution in [0.25, 0.3) is 0 Å². The van der Waals surface area contributed by atoms with Crippen LogP contribution in [-0.4, -0.2) is 61.6 Å². The van der Waals surface area contributed by atoms with E-state index in [1.807, 2.05) is 0 Å². The third-order valence-corrected chi connectivity index (χ3v) is 4.04. The van der Waals surface area contributed by atoms with E-state index >= 15 is 0 Å². The molecule has 0 saturated carbocycles. The minimum absolute atomic E-state index is 0.109. The predicted molar refractivity (Wildman–Crippen MR) is 94.6 cm³/mol. The molecule has 1 N–H and O–H groups in total. The molecule has 9 nitrogen and oxygen atoms in total. The zero-order chi connectivity index (χ0) is 19.1. The quantitative estimate of drug-likeness (QED) is 0.567. The van der Waals surface area contributed by atoms with E-state index in [1.165, 1.54) is 6.92 Å². The van der Waals surface area contributed by atoms with Crippen molar-refractivity contribution in [3.63, 3.8) is 0 Å². The third-order valence-electron chi connectivity index (χ3n) is 2.85. The standard InChI is InChI=1S/C14H22N2O7S2/c1-12(17)15-13-5-4-6-14(11-13)16(7-9-22-24(2,18)19)8-10-23-25(3,20)21/h4-6,11H,7-10H2,1-3H3,(H,15,17). The molecule has 1 amide bonds. The van der Waals surface area contributed by atoms with E-state index in [0.29, 0.717) is 11.4 Å². The predicted octanol–water partition coefficient (Wildman–Crippen LogP) is 0.404. The van der Waals surface area contributed by atoms with Gasteiger partial charge in [0.25, 0.3) is 20.2 Å². The fraction of sp³-hybridized carbons (Fsp3) is 0.500. The average molecular weight is 394 g/mol. The van der Waals surface area contributed by atoms with E-state index < -0.39 is 20.2 Å². The van der Waals surface area contributed by atoms with Gasteiger partial charge in [0.15, 0.2) is 0 Å². The highest BCUT2D eigenvalue weighted by Crippen LogP contribution is 2.19. The summed E-state index contributed by atoms with van der Waals surface area (Å²) in [4.78, 5) is 12.9. The van der Waals surface area contributed by atoms with Crippen molar-refractivity contribution in [2.45, 2.75) is 6.92 Å². The van der Waals surface area contributed by atoms with Gasteiger partial charge in [0.1, 0.15) is 0 Å². The first-order valence-corrected chi connectivity index (χ1v) is 10.9. The van der Waals surface area contributed by atoms with Crippen LogP contribution >= 0.6 is 0 Å². The first kappa shape index (κ1) is 21.4. The molecule has 0 aliphatic rings. The summed E-state index contributed by atoms with van der Waals surface area (Å²) in [5, 5.41) is 2.64. The summed E-state index contributed by atoms with van der Waals surface area (Å²) in [6.45, 7) is 1.53. The maximum absolute atomic E-state index is 11.2. The number of amides is 1. The minimum Gasteiger partial charge on any atom is -0.367 e. The second-order valence-corrected chi connectivity index (χ2v) is 8.56. The molecular weight excluding hydrogens is 372 g/mol. The lowest BCUT2D eigenvalue weighted by molar-refractivity contribution is -0.114. The molecule has 25 heavy (non-hydrogen) atoms. The summed E-state index contributed by atoms with van der Waals surface area (Å²) in [6.07, 6.45) is 1.89. The number of benzene rings is 1. The second kappa shape index (κ2) is 9.13. The fourth-order valence-electron chi connectivity index (χ4n) is 1.95. The van der Waals surface area contributed by atoms with Gasteiger partial charge in [-0.05, 0) is 18.2 Å². The van der Waals surface area contributed by atoms with Gasteiger partial charge in [-0.3, -0.25) is 13.2 Å². The molecule has 11 heteroatoms. The first-order chi connectivity index (χ1) is 11.5. The third kappa shape index (κ3) is 10.0. The molecule has 0 radical (unpaired) electrons. The van der Waals surface area contributed by atoms with Gasteiger partial charge in [0.05, 0.1) is 25.7 Å². The van der Waals surface area contributed by atoms with Crippen LogP contribution in [0.3, 0.4) is 0 Å². The first-order valence-electron chi connectivity index (χ1n) is 7.28. The van der Waals surface area contributed by atoms with Crippen LogP contribution in [0, 0.1) is 0 Å². The molecule has 0 unspecified atom stereocenters. The molecule has 0 aromatic heterocycles. The Morgan fingerprint density at radius 3 is 2.00 bits per heavy atom. The van der Waals surface area contributed by atoms with Gasteiger partial charge < -0.3 is 10.2 Å². The number of carbonyl (C=O) groups is 1. The molecule has 1 aromatic rings. The van der Waals surface area contributed by atoms with Crippen molar-refractivity contribution in [3.05, 3.63) is 24.3 Å². The Labute approximate surface area is 148 Å². The smallest absolute Gasteiger partial charge is 0.264 e. The molecule has 0 heterocycles. The summed E-state index contributed by atoms with van der Waals surface area (Å²) in [5.41, 5.74) is 1.21. The van der Waals surface area contributed by atoms with Crippen molar-refractivity contribution in [3.8, 4) is 0 Å². The Bertz CT molecular complexity index is 753. The molecule has 0 bridgehead atoms. The number of nitrogens with zero attached hydrogens (tertiary/aromatic N) is 1. The van der Waals surface area contributed by atoms with Crippen LogP contribution < -0.4 is 10.2 Å². The molecule has 0 fully saturated rings. The minimum atomic E-state index is -3.58. The average Bonchev–Trinajstić information content (AvgIpc) is 2.42. The van der Waals surface area contributed by atoms with Gasteiger partial charge in [-0.2, -0.15) is 16.8 Å². The molecule has 1 aromatic carbocycles. The second-order valence-electron chi connectivity index (χ2n) is 5.27. The summed E-state index contributed by atoms with van der Waals surface area (Å²) in [6, 6.07) is 6.83. The summed E-state index contributed by atoms with van der Waals surface area (Å²) < 4.78 is 53.8. The lowest BCUT2D eigenvalue weighted by Crippen LogP contribution is -2.32. The number of hydrogen-bond donors (Lipinski definition) is 1. The number of hydrogen-bond acceptors (Lipinski definition) is 8. The van der Waals surface area contributed by atoms with Gasteiger partial charge in [-0.25, -0.2) is 0 Å². The Kier molecular flexibility index (Phi) is 7.80. The Morgan fingerprint density at radius 1 is 1.04 bits per heavy atom. The highest BCUT2D eigenvalue weighted by molar-refractivity contribution is 7.86. The number of rotatable bonds is 10. The lowest BCUT2D eigenvalue weighted by atomic mass is 10.2. The number of nitrogens with one attached hydrogen (secondary N) is 1. The van der Waals surface area contributed by atoms with Crippen molar-refractivity contribution < 1.29 is 30.0 Å². The van der Waals surface area contributed by atoms with Gasteiger partial charge in [0, 0.05) is 31.4 Å². The van der Waals surface area contributed by atoms with E-state index in [9.17, 15) is 21.6 Å². The van der Waals surface area contributed by atoms with Crippen molar-refractivity contribution in [1.82, 2.24) is 0 Å². The van der Waals surface area contributed by atoms with Crippen LogP contribution in [0.1, 0.15) is 6.92 Å². The van der Waals surface area contributed by atoms with Crippen molar-refractivity contribution >= 4 is 37.5 Å². The molecule has 142 valence electrons. The monoisotopic (exact) mass is 394 g/mol. The molecular formula is C14H22N2O7S2. The SMILES string of the molecule is CC(=O)Nc1cccc(N(CCOS(C)(=O)=O)CCOS(C)(=O)=O)c1. The highest BCUT2D eigenvalue weighted by atomic mass is 32.2. The Morgan fingerprint density at radius 2 is 1.56 bits per heavy atom. The van der Waals surface area contributed by atoms with Gasteiger partial charge >= 0.3 is 0 Å². The largest absolute Gasteiger partial charge is 0.367 e. The van der Waals surface area contributed by atoms with Gasteiger partial charge in [-0.15, -0.1) is 0 Å². The highest BCUT2D eigenvalue weighted by Gasteiger charge is 2.11. The molecule has 0 aliphatic carbocycles. The van der Waals surface area contributed by atoms with E-state index in [0.717, 1.165) is 12.5 Å². The fourth-order valence-corrected chi connectivity index (χ4v) is 2.71. The van der Waals surface area contributed by atoms with Crippen molar-refractivity contribution in [1.29, 1.82) is 0 Å². The summed E-state index contributed by atoms with van der Waals surface area (Å²) in [7, 11) is -7.16. The maximum Gasteiger partial charge on any atom is 0.264 e. The summed E-state index contributed by atoms with van der Waals surface area (Å²) >= 11 is 0. The molecule has 0 atom stereocenters. The number of carbonyl (C=O) groups excluding carboxylic acids is 1. The Balaban J connectivity index is 2.86. The van der Waals surface area contributed by atoms with Crippen LogP contribution in [0.4, 0.5) is 11.4 Å². The molecule has 1 rings (SSSR count). The van der Waals surface area contributed by atoms with E-state index in [-0.39, 0.29) is 32.2 Å². The van der Waals surface area contributed by atoms with Gasteiger partial charge in [-0.1, -0.05) is 6.07 Å². The lowest BCUT2D eigenvalue weighted by Gasteiger charge is -2.24.